The Kier molecular flexibility index (Phi) is 5.97. The molecule has 7 heteroatoms. The molecule has 7 nitrogen and oxygen atoms in total. The van der Waals surface area contributed by atoms with Gasteiger partial charge in [-0.1, -0.05) is 0 Å². The molecule has 0 radical (unpaired) electrons. The molecule has 1 aliphatic heterocycles. The van der Waals surface area contributed by atoms with Crippen LogP contribution >= 0.6 is 0 Å². The quantitative estimate of drug-likeness (QED) is 0.658. The van der Waals surface area contributed by atoms with Crippen molar-refractivity contribution in [3.05, 3.63) is 0 Å². The van der Waals surface area contributed by atoms with Gasteiger partial charge < -0.3 is 28.8 Å². The first-order valence-electron chi connectivity index (χ1n) is 5.60. The number of carbonyl (C=O) groups excluding carboxylic acids is 1. The van der Waals surface area contributed by atoms with Crippen LogP contribution < -0.4 is 0 Å². The largest absolute Gasteiger partial charge is 0.457 e. The Balaban J connectivity index is 2.89. The van der Waals surface area contributed by atoms with Crippen LogP contribution in [0.1, 0.15) is 6.92 Å². The number of methoxy groups -OCH3 is 3. The topological polar surface area (TPSA) is 83.5 Å². The van der Waals surface area contributed by atoms with Crippen LogP contribution in [-0.2, 0) is 28.5 Å². The highest BCUT2D eigenvalue weighted by Gasteiger charge is 2.48. The molecular weight excluding hydrogens is 244 g/mol. The van der Waals surface area contributed by atoms with Gasteiger partial charge in [0.25, 0.3) is 0 Å². The number of esters is 1. The zero-order chi connectivity index (χ0) is 13.7. The molecule has 0 aromatic heterocycles. The van der Waals surface area contributed by atoms with E-state index >= 15 is 0 Å². The summed E-state index contributed by atoms with van der Waals surface area (Å²) in [6.45, 7) is 1.47. The fraction of sp³-hybridized carbons (Fsp3) is 0.909. The van der Waals surface area contributed by atoms with Crippen LogP contribution in [0, 0.1) is 0 Å². The highest BCUT2D eigenvalue weighted by atomic mass is 16.7. The van der Waals surface area contributed by atoms with E-state index in [0.717, 1.165) is 0 Å². The molecule has 0 aromatic rings. The van der Waals surface area contributed by atoms with Crippen LogP contribution in [-0.4, -0.2) is 69.7 Å². The maximum atomic E-state index is 11.1. The van der Waals surface area contributed by atoms with Gasteiger partial charge in [0.05, 0.1) is 6.61 Å². The van der Waals surface area contributed by atoms with Crippen LogP contribution in [0.5, 0.6) is 0 Å². The first kappa shape index (κ1) is 15.3. The van der Waals surface area contributed by atoms with Crippen molar-refractivity contribution < 1.29 is 33.6 Å². The second kappa shape index (κ2) is 7.01. The third-order valence-electron chi connectivity index (χ3n) is 2.79. The highest BCUT2D eigenvalue weighted by Crippen LogP contribution is 2.26. The average Bonchev–Trinajstić information content (AvgIpc) is 2.31. The predicted octanol–water partition coefficient (Wildman–Crippen LogP) is -0.688. The smallest absolute Gasteiger partial charge is 0.303 e. The summed E-state index contributed by atoms with van der Waals surface area (Å²) in [5.74, 6) is -0.460. The molecule has 0 bridgehead atoms. The minimum atomic E-state index is -1.16. The van der Waals surface area contributed by atoms with Gasteiger partial charge in [-0.3, -0.25) is 4.79 Å². The van der Waals surface area contributed by atoms with Crippen molar-refractivity contribution in [3.63, 3.8) is 0 Å². The minimum absolute atomic E-state index is 0.172. The van der Waals surface area contributed by atoms with Crippen LogP contribution in [0.3, 0.4) is 0 Å². The Morgan fingerprint density at radius 2 is 1.78 bits per heavy atom. The van der Waals surface area contributed by atoms with E-state index in [1.165, 1.54) is 28.3 Å². The monoisotopic (exact) mass is 264 g/mol. The van der Waals surface area contributed by atoms with Gasteiger partial charge in [0.15, 0.2) is 12.4 Å². The predicted molar refractivity (Wildman–Crippen MR) is 59.9 cm³/mol. The first-order chi connectivity index (χ1) is 8.54. The molecule has 0 unspecified atom stereocenters. The Morgan fingerprint density at radius 1 is 1.17 bits per heavy atom. The van der Waals surface area contributed by atoms with E-state index in [1.807, 2.05) is 0 Å². The van der Waals surface area contributed by atoms with Gasteiger partial charge in [0.2, 0.25) is 0 Å². The number of ether oxygens (including phenoxy) is 5. The van der Waals surface area contributed by atoms with Gasteiger partial charge in [0, 0.05) is 28.3 Å². The molecule has 0 aromatic carbocycles. The van der Waals surface area contributed by atoms with Crippen LogP contribution in [0.4, 0.5) is 0 Å². The second-order valence-electron chi connectivity index (χ2n) is 4.00. The second-order valence-corrected chi connectivity index (χ2v) is 4.00. The van der Waals surface area contributed by atoms with Crippen molar-refractivity contribution in [1.82, 2.24) is 0 Å². The van der Waals surface area contributed by atoms with Crippen molar-refractivity contribution >= 4 is 5.97 Å². The van der Waals surface area contributed by atoms with Gasteiger partial charge in [-0.2, -0.15) is 0 Å². The molecule has 1 rings (SSSR count). The lowest BCUT2D eigenvalue weighted by Crippen LogP contribution is -2.61. The lowest BCUT2D eigenvalue weighted by Gasteiger charge is -2.42. The third kappa shape index (κ3) is 3.39. The summed E-state index contributed by atoms with van der Waals surface area (Å²) >= 11 is 0. The maximum Gasteiger partial charge on any atom is 0.303 e. The summed E-state index contributed by atoms with van der Waals surface area (Å²) in [6.07, 6.45) is -3.81. The van der Waals surface area contributed by atoms with E-state index in [1.54, 1.807) is 0 Å². The van der Waals surface area contributed by atoms with Crippen molar-refractivity contribution in [3.8, 4) is 0 Å². The Bertz CT molecular complexity index is 270. The van der Waals surface area contributed by atoms with Gasteiger partial charge in [-0.05, 0) is 0 Å². The first-order valence-corrected chi connectivity index (χ1v) is 5.60. The molecule has 0 saturated carbocycles. The average molecular weight is 264 g/mol. The zero-order valence-corrected chi connectivity index (χ0v) is 11.0. The van der Waals surface area contributed by atoms with Crippen molar-refractivity contribution in [1.29, 1.82) is 0 Å². The molecule has 1 aliphatic rings. The standard InChI is InChI=1S/C11H20O7/c1-6(12)17-8-7(5-14-2)18-11(13)10(16-4)9(8)15-3/h7-11,13H,5H2,1-4H3/t7-,8+,9+,10-,11+/m1/s1. The molecule has 5 atom stereocenters. The molecule has 0 spiro atoms. The molecule has 106 valence electrons. The molecule has 0 aliphatic carbocycles. The Morgan fingerprint density at radius 3 is 2.22 bits per heavy atom. The third-order valence-corrected chi connectivity index (χ3v) is 2.79. The molecule has 1 fully saturated rings. The maximum absolute atomic E-state index is 11.1. The van der Waals surface area contributed by atoms with Gasteiger partial charge >= 0.3 is 5.97 Å². The van der Waals surface area contributed by atoms with Gasteiger partial charge in [-0.25, -0.2) is 0 Å². The van der Waals surface area contributed by atoms with Crippen LogP contribution in [0.15, 0.2) is 0 Å². The SMILES string of the molecule is COC[C@H]1O[C@H](O)[C@H](OC)[C@@H](OC)[C@H]1OC(C)=O. The fourth-order valence-corrected chi connectivity index (χ4v) is 2.05. The number of rotatable bonds is 5. The highest BCUT2D eigenvalue weighted by molar-refractivity contribution is 5.66. The summed E-state index contributed by atoms with van der Waals surface area (Å²) in [6, 6.07) is 0. The Labute approximate surface area is 106 Å². The molecule has 1 saturated heterocycles. The van der Waals surface area contributed by atoms with E-state index in [2.05, 4.69) is 0 Å². The molecule has 0 amide bonds. The number of aliphatic hydroxyl groups is 1. The van der Waals surface area contributed by atoms with Gasteiger partial charge in [-0.15, -0.1) is 0 Å². The van der Waals surface area contributed by atoms with E-state index in [9.17, 15) is 9.90 Å². The van der Waals surface area contributed by atoms with E-state index in [4.69, 9.17) is 23.7 Å². The summed E-state index contributed by atoms with van der Waals surface area (Å²) < 4.78 is 25.9. The number of aliphatic hydroxyl groups excluding tert-OH is 1. The zero-order valence-electron chi connectivity index (χ0n) is 11.0. The van der Waals surface area contributed by atoms with E-state index in [0.29, 0.717) is 0 Å². The molecule has 18 heavy (non-hydrogen) atoms. The molecule has 1 N–H and O–H groups in total. The van der Waals surface area contributed by atoms with E-state index < -0.39 is 36.7 Å². The summed E-state index contributed by atoms with van der Waals surface area (Å²) in [7, 11) is 4.37. The summed E-state index contributed by atoms with van der Waals surface area (Å²) in [5.41, 5.74) is 0. The Hall–Kier alpha value is -0.730. The van der Waals surface area contributed by atoms with E-state index in [-0.39, 0.29) is 6.61 Å². The van der Waals surface area contributed by atoms with Gasteiger partial charge in [0.1, 0.15) is 18.3 Å². The normalized spacial score (nSPS) is 36.4. The summed E-state index contributed by atoms with van der Waals surface area (Å²) in [4.78, 5) is 11.1. The minimum Gasteiger partial charge on any atom is -0.457 e. The molecule has 1 heterocycles. The fourth-order valence-electron chi connectivity index (χ4n) is 2.05. The van der Waals surface area contributed by atoms with Crippen LogP contribution in [0.2, 0.25) is 0 Å². The van der Waals surface area contributed by atoms with Crippen molar-refractivity contribution in [2.24, 2.45) is 0 Å². The molecular formula is C11H20O7. The van der Waals surface area contributed by atoms with Crippen molar-refractivity contribution in [2.45, 2.75) is 37.6 Å². The number of hydrogen-bond donors (Lipinski definition) is 1. The lowest BCUT2D eigenvalue weighted by molar-refractivity contribution is -0.299. The summed E-state index contributed by atoms with van der Waals surface area (Å²) in [5, 5.41) is 9.80. The van der Waals surface area contributed by atoms with Crippen LogP contribution in [0.25, 0.3) is 0 Å². The van der Waals surface area contributed by atoms with Crippen molar-refractivity contribution in [2.75, 3.05) is 27.9 Å². The number of hydrogen-bond acceptors (Lipinski definition) is 7. The lowest BCUT2D eigenvalue weighted by atomic mass is 9.98. The number of carbonyl (C=O) groups is 1.